The van der Waals surface area contributed by atoms with Crippen LogP contribution in [-0.4, -0.2) is 25.3 Å². The first-order chi connectivity index (χ1) is 7.40. The average Bonchev–Trinajstić information content (AvgIpc) is 2.80. The Morgan fingerprint density at radius 3 is 2.40 bits per heavy atom. The molecule has 84 valence electrons. The van der Waals surface area contributed by atoms with E-state index in [-0.39, 0.29) is 6.04 Å². The molecule has 3 heteroatoms. The van der Waals surface area contributed by atoms with E-state index >= 15 is 0 Å². The molecule has 0 spiro atoms. The summed E-state index contributed by atoms with van der Waals surface area (Å²) in [5, 5.41) is 12.7. The van der Waals surface area contributed by atoms with Gasteiger partial charge in [-0.15, -0.1) is 0 Å². The highest BCUT2D eigenvalue weighted by Gasteiger charge is 2.26. The van der Waals surface area contributed by atoms with Crippen molar-refractivity contribution in [1.82, 2.24) is 5.32 Å². The molecule has 1 aliphatic heterocycles. The second-order valence-electron chi connectivity index (χ2n) is 4.70. The minimum atomic E-state index is 0.0528. The summed E-state index contributed by atoms with van der Waals surface area (Å²) in [6.45, 7) is 1.66. The van der Waals surface area contributed by atoms with E-state index in [1.165, 1.54) is 25.7 Å². The molecule has 1 saturated heterocycles. The number of ether oxygens (including phenoxy) is 1. The zero-order valence-corrected chi connectivity index (χ0v) is 9.24. The Bertz CT molecular complexity index is 224. The third-order valence-corrected chi connectivity index (χ3v) is 3.65. The van der Waals surface area contributed by atoms with E-state index < -0.39 is 0 Å². The second-order valence-corrected chi connectivity index (χ2v) is 4.70. The molecular weight excluding hydrogens is 188 g/mol. The second kappa shape index (κ2) is 5.48. The van der Waals surface area contributed by atoms with Crippen LogP contribution < -0.4 is 5.32 Å². The lowest BCUT2D eigenvalue weighted by molar-refractivity contribution is 0.0587. The first-order valence-corrected chi connectivity index (χ1v) is 6.13. The number of hydrogen-bond acceptors (Lipinski definition) is 3. The van der Waals surface area contributed by atoms with Gasteiger partial charge in [0.25, 0.3) is 0 Å². The minimum Gasteiger partial charge on any atom is -0.381 e. The molecule has 0 aromatic rings. The van der Waals surface area contributed by atoms with Crippen LogP contribution in [0.15, 0.2) is 0 Å². The van der Waals surface area contributed by atoms with Crippen LogP contribution in [0.25, 0.3) is 0 Å². The standard InChI is InChI=1S/C12H20N2O/c13-9-12(10-5-7-15-8-6-10)14-11-3-1-2-4-11/h10-12,14H,1-8H2. The summed E-state index contributed by atoms with van der Waals surface area (Å²) < 4.78 is 5.33. The van der Waals surface area contributed by atoms with Crippen LogP contribution in [0.4, 0.5) is 0 Å². The fraction of sp³-hybridized carbons (Fsp3) is 0.917. The lowest BCUT2D eigenvalue weighted by Crippen LogP contribution is -2.42. The predicted molar refractivity (Wildman–Crippen MR) is 58.3 cm³/mol. The van der Waals surface area contributed by atoms with Gasteiger partial charge in [0.2, 0.25) is 0 Å². The van der Waals surface area contributed by atoms with Crippen molar-refractivity contribution in [2.45, 2.75) is 50.6 Å². The van der Waals surface area contributed by atoms with Gasteiger partial charge in [-0.1, -0.05) is 12.8 Å². The van der Waals surface area contributed by atoms with Crippen molar-refractivity contribution >= 4 is 0 Å². The molecule has 1 aliphatic carbocycles. The zero-order chi connectivity index (χ0) is 10.5. The Kier molecular flexibility index (Phi) is 3.99. The topological polar surface area (TPSA) is 45.0 Å². The van der Waals surface area contributed by atoms with Crippen molar-refractivity contribution in [2.24, 2.45) is 5.92 Å². The van der Waals surface area contributed by atoms with Crippen molar-refractivity contribution < 1.29 is 4.74 Å². The molecule has 0 bridgehead atoms. The van der Waals surface area contributed by atoms with E-state index in [1.54, 1.807) is 0 Å². The van der Waals surface area contributed by atoms with Gasteiger partial charge in [0.15, 0.2) is 0 Å². The van der Waals surface area contributed by atoms with E-state index in [4.69, 9.17) is 4.74 Å². The summed E-state index contributed by atoms with van der Waals surface area (Å²) >= 11 is 0. The van der Waals surface area contributed by atoms with Gasteiger partial charge in [-0.3, -0.25) is 5.32 Å². The Morgan fingerprint density at radius 1 is 1.13 bits per heavy atom. The van der Waals surface area contributed by atoms with Crippen LogP contribution in [0.2, 0.25) is 0 Å². The van der Waals surface area contributed by atoms with E-state index in [0.29, 0.717) is 12.0 Å². The van der Waals surface area contributed by atoms with Gasteiger partial charge in [-0.05, 0) is 31.6 Å². The van der Waals surface area contributed by atoms with Gasteiger partial charge in [0.1, 0.15) is 0 Å². The number of hydrogen-bond donors (Lipinski definition) is 1. The van der Waals surface area contributed by atoms with Crippen molar-refractivity contribution in [3.63, 3.8) is 0 Å². The first-order valence-electron chi connectivity index (χ1n) is 6.13. The van der Waals surface area contributed by atoms with Crippen LogP contribution in [0, 0.1) is 17.2 Å². The summed E-state index contributed by atoms with van der Waals surface area (Å²) in [7, 11) is 0. The molecule has 0 aromatic carbocycles. The van der Waals surface area contributed by atoms with Gasteiger partial charge >= 0.3 is 0 Å². The maximum Gasteiger partial charge on any atom is 0.0985 e. The molecule has 1 unspecified atom stereocenters. The van der Waals surface area contributed by atoms with Crippen LogP contribution in [0.5, 0.6) is 0 Å². The Balaban J connectivity index is 1.82. The smallest absolute Gasteiger partial charge is 0.0985 e. The van der Waals surface area contributed by atoms with Gasteiger partial charge in [-0.2, -0.15) is 5.26 Å². The summed E-state index contributed by atoms with van der Waals surface area (Å²) in [4.78, 5) is 0. The summed E-state index contributed by atoms with van der Waals surface area (Å²) in [6, 6.07) is 3.08. The van der Waals surface area contributed by atoms with E-state index in [1.807, 2.05) is 0 Å². The van der Waals surface area contributed by atoms with Gasteiger partial charge in [-0.25, -0.2) is 0 Å². The molecule has 15 heavy (non-hydrogen) atoms. The average molecular weight is 208 g/mol. The predicted octanol–water partition coefficient (Wildman–Crippen LogP) is 1.84. The van der Waals surface area contributed by atoms with Crippen LogP contribution >= 0.6 is 0 Å². The molecule has 0 radical (unpaired) electrons. The molecule has 2 rings (SSSR count). The van der Waals surface area contributed by atoms with Crippen LogP contribution in [0.1, 0.15) is 38.5 Å². The largest absolute Gasteiger partial charge is 0.381 e. The number of nitriles is 1. The summed E-state index contributed by atoms with van der Waals surface area (Å²) in [6.07, 6.45) is 7.23. The highest BCUT2D eigenvalue weighted by molar-refractivity contribution is 4.97. The maximum absolute atomic E-state index is 9.19. The monoisotopic (exact) mass is 208 g/mol. The molecule has 1 N–H and O–H groups in total. The van der Waals surface area contributed by atoms with Crippen molar-refractivity contribution in [3.05, 3.63) is 0 Å². The fourth-order valence-electron chi connectivity index (χ4n) is 2.67. The van der Waals surface area contributed by atoms with E-state index in [2.05, 4.69) is 11.4 Å². The fourth-order valence-corrected chi connectivity index (χ4v) is 2.67. The molecule has 3 nitrogen and oxygen atoms in total. The zero-order valence-electron chi connectivity index (χ0n) is 9.24. The third-order valence-electron chi connectivity index (χ3n) is 3.65. The highest BCUT2D eigenvalue weighted by atomic mass is 16.5. The Labute approximate surface area is 91.8 Å². The third kappa shape index (κ3) is 2.93. The molecule has 0 amide bonds. The van der Waals surface area contributed by atoms with Gasteiger partial charge in [0, 0.05) is 19.3 Å². The number of nitrogens with zero attached hydrogens (tertiary/aromatic N) is 1. The molecule has 2 fully saturated rings. The summed E-state index contributed by atoms with van der Waals surface area (Å²) in [5.41, 5.74) is 0. The van der Waals surface area contributed by atoms with Gasteiger partial charge < -0.3 is 4.74 Å². The molecule has 1 saturated carbocycles. The van der Waals surface area contributed by atoms with Crippen LogP contribution in [0.3, 0.4) is 0 Å². The molecule has 2 aliphatic rings. The molecule has 0 aromatic heterocycles. The quantitative estimate of drug-likeness (QED) is 0.769. The minimum absolute atomic E-state index is 0.0528. The lowest BCUT2D eigenvalue weighted by atomic mass is 9.92. The highest BCUT2D eigenvalue weighted by Crippen LogP contribution is 2.23. The van der Waals surface area contributed by atoms with Crippen molar-refractivity contribution in [1.29, 1.82) is 5.26 Å². The Hall–Kier alpha value is -0.590. The van der Waals surface area contributed by atoms with Crippen molar-refractivity contribution in [3.8, 4) is 6.07 Å². The SMILES string of the molecule is N#CC(NC1CCCC1)C1CCOCC1. The van der Waals surface area contributed by atoms with Gasteiger partial charge in [0.05, 0.1) is 12.1 Å². The lowest BCUT2D eigenvalue weighted by Gasteiger charge is -2.28. The van der Waals surface area contributed by atoms with E-state index in [9.17, 15) is 5.26 Å². The maximum atomic E-state index is 9.19. The number of rotatable bonds is 3. The summed E-state index contributed by atoms with van der Waals surface area (Å²) in [5.74, 6) is 0.504. The normalized spacial score (nSPS) is 26.3. The number of nitrogens with one attached hydrogen (secondary N) is 1. The van der Waals surface area contributed by atoms with Crippen molar-refractivity contribution in [2.75, 3.05) is 13.2 Å². The molecular formula is C12H20N2O. The Morgan fingerprint density at radius 2 is 1.80 bits per heavy atom. The van der Waals surface area contributed by atoms with Crippen LogP contribution in [-0.2, 0) is 4.74 Å². The molecule has 1 atom stereocenters. The van der Waals surface area contributed by atoms with E-state index in [0.717, 1.165) is 26.1 Å². The first kappa shape index (κ1) is 10.9. The molecule has 1 heterocycles.